The number of quaternary nitrogens is 1. The summed E-state index contributed by atoms with van der Waals surface area (Å²) in [4.78, 5) is 24.7. The molecule has 9 heteroatoms. The van der Waals surface area contributed by atoms with Gasteiger partial charge in [0.15, 0.2) is 0 Å². The summed E-state index contributed by atoms with van der Waals surface area (Å²) in [6.07, 6.45) is 9.17. The molecule has 0 heterocycles. The number of ketones is 2. The standard InChI is InChI=1S/C19H30O5.C5H13NO2P/c1-14-15(12-10-8-6-4-5-7-9-11-13-20)17(22)19(24-3)18(23-2)16(14)21;1-6(2,3)4-5-8-9-7/h20H,4-13H2,1-3H3;4-5H2,1-3H3/q;+1. The number of rotatable bonds is 16. The molecule has 0 aromatic rings. The van der Waals surface area contributed by atoms with E-state index in [2.05, 4.69) is 25.7 Å². The van der Waals surface area contributed by atoms with Gasteiger partial charge in [-0.2, -0.15) is 0 Å². The number of aliphatic hydroxyl groups is 1. The average molecular weight is 489 g/mol. The first kappa shape index (κ1) is 31.4. The lowest BCUT2D eigenvalue weighted by atomic mass is 9.89. The van der Waals surface area contributed by atoms with Crippen LogP contribution in [0.4, 0.5) is 0 Å². The molecule has 0 atom stereocenters. The Labute approximate surface area is 200 Å². The van der Waals surface area contributed by atoms with Gasteiger partial charge < -0.3 is 19.1 Å². The SMILES string of the molecule is COC1=C(OC)C(=O)C(CCCCCCCCCCO)=C(C)C1=O.C[N+](C)(C)CCOP=O. The van der Waals surface area contributed by atoms with Crippen LogP contribution in [0.15, 0.2) is 22.7 Å². The van der Waals surface area contributed by atoms with Crippen molar-refractivity contribution in [2.75, 3.05) is 55.1 Å². The van der Waals surface area contributed by atoms with E-state index in [1.165, 1.54) is 33.5 Å². The molecule has 0 aliphatic heterocycles. The molecule has 0 amide bonds. The first-order valence-corrected chi connectivity index (χ1v) is 12.3. The van der Waals surface area contributed by atoms with Gasteiger partial charge in [0, 0.05) is 17.8 Å². The summed E-state index contributed by atoms with van der Waals surface area (Å²) >= 11 is 0. The fourth-order valence-corrected chi connectivity index (χ4v) is 3.48. The van der Waals surface area contributed by atoms with Crippen LogP contribution in [0, 0.1) is 0 Å². The lowest BCUT2D eigenvalue weighted by molar-refractivity contribution is -0.870. The van der Waals surface area contributed by atoms with Crippen molar-refractivity contribution in [2.24, 2.45) is 0 Å². The lowest BCUT2D eigenvalue weighted by Gasteiger charge is -2.22. The Balaban J connectivity index is 0.000000960. The molecule has 0 saturated carbocycles. The van der Waals surface area contributed by atoms with Crippen molar-refractivity contribution in [1.82, 2.24) is 0 Å². The van der Waals surface area contributed by atoms with Crippen molar-refractivity contribution in [3.63, 3.8) is 0 Å². The second-order valence-electron chi connectivity index (χ2n) is 9.05. The van der Waals surface area contributed by atoms with E-state index in [0.717, 1.165) is 43.1 Å². The van der Waals surface area contributed by atoms with Crippen molar-refractivity contribution < 1.29 is 37.7 Å². The number of nitrogens with zero attached hydrogens (tertiary/aromatic N) is 1. The molecule has 0 fully saturated rings. The molecule has 1 aliphatic carbocycles. The van der Waals surface area contributed by atoms with Gasteiger partial charge in [-0.15, -0.1) is 0 Å². The van der Waals surface area contributed by atoms with Gasteiger partial charge in [0.2, 0.25) is 23.1 Å². The maximum Gasteiger partial charge on any atom is 0.327 e. The molecule has 0 spiro atoms. The number of allylic oxidation sites excluding steroid dienone is 2. The number of aliphatic hydroxyl groups excluding tert-OH is 1. The van der Waals surface area contributed by atoms with Crippen LogP contribution in [-0.4, -0.2) is 76.3 Å². The minimum Gasteiger partial charge on any atom is -0.489 e. The molecular formula is C24H43NO7P+. The normalized spacial score (nSPS) is 14.5. The molecule has 0 unspecified atom stereocenters. The first-order valence-electron chi connectivity index (χ1n) is 11.6. The second-order valence-corrected chi connectivity index (χ2v) is 9.46. The summed E-state index contributed by atoms with van der Waals surface area (Å²) in [5, 5.41) is 8.72. The third-order valence-electron chi connectivity index (χ3n) is 5.34. The van der Waals surface area contributed by atoms with Gasteiger partial charge in [-0.25, -0.2) is 4.57 Å². The lowest BCUT2D eigenvalue weighted by Crippen LogP contribution is -2.37. The Morgan fingerprint density at radius 2 is 1.30 bits per heavy atom. The maximum absolute atomic E-state index is 12.5. The highest BCUT2D eigenvalue weighted by molar-refractivity contribution is 7.17. The van der Waals surface area contributed by atoms with Crippen LogP contribution in [-0.2, 0) is 28.2 Å². The van der Waals surface area contributed by atoms with Crippen molar-refractivity contribution in [2.45, 2.75) is 64.7 Å². The van der Waals surface area contributed by atoms with E-state index in [1.54, 1.807) is 6.92 Å². The number of likely N-dealkylation sites (N-methyl/N-ethyl adjacent to an activating group) is 1. The number of carbonyl (C=O) groups is 2. The molecule has 1 aliphatic rings. The van der Waals surface area contributed by atoms with Gasteiger partial charge in [0.1, 0.15) is 13.2 Å². The highest BCUT2D eigenvalue weighted by Crippen LogP contribution is 2.28. The number of hydrogen-bond donors (Lipinski definition) is 1. The number of carbonyl (C=O) groups excluding carboxylic acids is 2. The van der Waals surface area contributed by atoms with Gasteiger partial charge in [-0.1, -0.05) is 38.5 Å². The van der Waals surface area contributed by atoms with Crippen LogP contribution >= 0.6 is 8.69 Å². The second kappa shape index (κ2) is 17.8. The summed E-state index contributed by atoms with van der Waals surface area (Å²) in [6, 6.07) is 0. The molecule has 0 aromatic heterocycles. The average Bonchev–Trinajstić information content (AvgIpc) is 2.76. The van der Waals surface area contributed by atoms with Crippen LogP contribution in [0.2, 0.25) is 0 Å². The van der Waals surface area contributed by atoms with Crippen LogP contribution < -0.4 is 0 Å². The quantitative estimate of drug-likeness (QED) is 0.149. The molecule has 1 rings (SSSR count). The fourth-order valence-electron chi connectivity index (χ4n) is 3.32. The van der Waals surface area contributed by atoms with Gasteiger partial charge in [0.25, 0.3) is 0 Å². The van der Waals surface area contributed by atoms with Gasteiger partial charge in [-0.3, -0.25) is 14.1 Å². The topological polar surface area (TPSA) is 99.1 Å². The Kier molecular flexibility index (Phi) is 17.0. The zero-order valence-electron chi connectivity index (χ0n) is 21.3. The molecule has 0 saturated heterocycles. The van der Waals surface area contributed by atoms with Crippen molar-refractivity contribution in [3.05, 3.63) is 22.7 Å². The molecule has 0 aromatic carbocycles. The van der Waals surface area contributed by atoms with E-state index in [0.29, 0.717) is 24.2 Å². The van der Waals surface area contributed by atoms with Crippen LogP contribution in [0.5, 0.6) is 0 Å². The van der Waals surface area contributed by atoms with E-state index in [4.69, 9.17) is 14.6 Å². The first-order chi connectivity index (χ1) is 15.6. The predicted molar refractivity (Wildman–Crippen MR) is 129 cm³/mol. The smallest absolute Gasteiger partial charge is 0.327 e. The number of Topliss-reactive ketones (excluding diaryl/α,β-unsaturated/α-hetero) is 2. The molecule has 0 radical (unpaired) electrons. The highest BCUT2D eigenvalue weighted by Gasteiger charge is 2.34. The number of unbranched alkanes of at least 4 members (excludes halogenated alkanes) is 7. The van der Waals surface area contributed by atoms with E-state index in [9.17, 15) is 14.2 Å². The van der Waals surface area contributed by atoms with E-state index < -0.39 is 0 Å². The Morgan fingerprint density at radius 3 is 1.76 bits per heavy atom. The van der Waals surface area contributed by atoms with E-state index in [-0.39, 0.29) is 38.4 Å². The minimum atomic E-state index is -0.257. The van der Waals surface area contributed by atoms with E-state index >= 15 is 0 Å². The third-order valence-corrected chi connectivity index (χ3v) is 5.62. The van der Waals surface area contributed by atoms with E-state index in [1.807, 2.05) is 0 Å². The van der Waals surface area contributed by atoms with Crippen LogP contribution in [0.1, 0.15) is 64.7 Å². The van der Waals surface area contributed by atoms with Crippen molar-refractivity contribution in [1.29, 1.82) is 0 Å². The van der Waals surface area contributed by atoms with Gasteiger partial charge in [-0.05, 0) is 26.2 Å². The summed E-state index contributed by atoms with van der Waals surface area (Å²) < 4.78 is 25.3. The predicted octanol–water partition coefficient (Wildman–Crippen LogP) is 4.38. The number of ether oxygens (including phenoxy) is 2. The summed E-state index contributed by atoms with van der Waals surface area (Å²) in [5.41, 5.74) is 1.03. The Morgan fingerprint density at radius 1 is 0.818 bits per heavy atom. The maximum atomic E-state index is 12.5. The van der Waals surface area contributed by atoms with Gasteiger partial charge >= 0.3 is 8.69 Å². The van der Waals surface area contributed by atoms with Crippen LogP contribution in [0.3, 0.4) is 0 Å². The largest absolute Gasteiger partial charge is 0.489 e. The summed E-state index contributed by atoms with van der Waals surface area (Å²) in [6.45, 7) is 3.40. The fraction of sp³-hybridized carbons (Fsp3) is 0.750. The zero-order valence-corrected chi connectivity index (χ0v) is 22.2. The molecule has 33 heavy (non-hydrogen) atoms. The van der Waals surface area contributed by atoms with Crippen molar-refractivity contribution in [3.8, 4) is 0 Å². The Bertz CT molecular complexity index is 681. The highest BCUT2D eigenvalue weighted by atomic mass is 31.1. The van der Waals surface area contributed by atoms with Crippen LogP contribution in [0.25, 0.3) is 0 Å². The third kappa shape index (κ3) is 13.0. The monoisotopic (exact) mass is 488 g/mol. The van der Waals surface area contributed by atoms with Crippen molar-refractivity contribution >= 4 is 20.3 Å². The van der Waals surface area contributed by atoms with Gasteiger partial charge in [0.05, 0.1) is 35.4 Å². The Hall–Kier alpha value is -1.60. The minimum absolute atomic E-state index is 0.00614. The molecular weight excluding hydrogens is 445 g/mol. The molecule has 1 N–H and O–H groups in total. The molecule has 8 nitrogen and oxygen atoms in total. The zero-order chi connectivity index (χ0) is 25.3. The molecule has 0 bridgehead atoms. The summed E-state index contributed by atoms with van der Waals surface area (Å²) in [7, 11) is 8.72. The number of methoxy groups -OCH3 is 2. The molecule has 190 valence electrons. The summed E-state index contributed by atoms with van der Waals surface area (Å²) in [5.74, 6) is -0.457. The number of hydrogen-bond acceptors (Lipinski definition) is 7.